The number of hydrogen-bond donors (Lipinski definition) is 0. The van der Waals surface area contributed by atoms with E-state index < -0.39 is 0 Å². The average molecular weight is 650 g/mol. The number of benzene rings is 9. The zero-order valence-electron chi connectivity index (χ0n) is 28.2. The average Bonchev–Trinajstić information content (AvgIpc) is 3.22. The van der Waals surface area contributed by atoms with Crippen LogP contribution in [0, 0.1) is 0 Å². The minimum atomic E-state index is 1.11. The first-order chi connectivity index (χ1) is 25.3. The Morgan fingerprint density at radius 1 is 0.216 bits per heavy atom. The van der Waals surface area contributed by atoms with Crippen molar-refractivity contribution in [2.75, 3.05) is 4.90 Å². The molecule has 0 bridgehead atoms. The van der Waals surface area contributed by atoms with E-state index >= 15 is 0 Å². The minimum Gasteiger partial charge on any atom is -0.310 e. The quantitative estimate of drug-likeness (QED) is 0.155. The molecular formula is C50H35N. The fraction of sp³-hybridized carbons (Fsp3) is 0. The summed E-state index contributed by atoms with van der Waals surface area (Å²) in [6.45, 7) is 0. The third-order valence-electron chi connectivity index (χ3n) is 9.84. The number of nitrogens with zero attached hydrogens (tertiary/aromatic N) is 1. The molecule has 9 aromatic rings. The molecule has 9 aromatic carbocycles. The number of para-hydroxylation sites is 1. The van der Waals surface area contributed by atoms with Gasteiger partial charge < -0.3 is 4.90 Å². The van der Waals surface area contributed by atoms with E-state index in [0.717, 1.165) is 17.1 Å². The third kappa shape index (κ3) is 5.75. The maximum atomic E-state index is 2.40. The molecule has 1 nitrogen and oxygen atoms in total. The molecule has 0 aliphatic rings. The van der Waals surface area contributed by atoms with Crippen LogP contribution in [0.3, 0.4) is 0 Å². The number of fused-ring (bicyclic) bond motifs is 3. The van der Waals surface area contributed by atoms with Gasteiger partial charge in [-0.3, -0.25) is 0 Å². The molecule has 0 aromatic heterocycles. The van der Waals surface area contributed by atoms with E-state index in [-0.39, 0.29) is 0 Å². The predicted octanol–water partition coefficient (Wildman–Crippen LogP) is 14.1. The molecule has 0 radical (unpaired) electrons. The summed E-state index contributed by atoms with van der Waals surface area (Å²) in [6.07, 6.45) is 0. The lowest BCUT2D eigenvalue weighted by atomic mass is 9.84. The Balaban J connectivity index is 1.22. The van der Waals surface area contributed by atoms with Crippen molar-refractivity contribution < 1.29 is 0 Å². The van der Waals surface area contributed by atoms with Crippen LogP contribution < -0.4 is 4.90 Å². The molecule has 0 saturated carbocycles. The number of anilines is 3. The maximum Gasteiger partial charge on any atom is 0.0467 e. The smallest absolute Gasteiger partial charge is 0.0467 e. The molecule has 0 atom stereocenters. The van der Waals surface area contributed by atoms with Crippen molar-refractivity contribution in [2.24, 2.45) is 0 Å². The van der Waals surface area contributed by atoms with E-state index in [4.69, 9.17) is 0 Å². The Morgan fingerprint density at radius 2 is 0.627 bits per heavy atom. The van der Waals surface area contributed by atoms with Crippen molar-refractivity contribution >= 4 is 38.6 Å². The Hall–Kier alpha value is -6.70. The molecule has 1 heteroatoms. The Bertz CT molecular complexity index is 2590. The second kappa shape index (κ2) is 13.3. The van der Waals surface area contributed by atoms with E-state index in [1.165, 1.54) is 66.1 Å². The normalized spacial score (nSPS) is 11.1. The highest BCUT2D eigenvalue weighted by atomic mass is 15.1. The Labute approximate surface area is 299 Å². The van der Waals surface area contributed by atoms with E-state index in [0.29, 0.717) is 0 Å². The van der Waals surface area contributed by atoms with Crippen molar-refractivity contribution in [3.05, 3.63) is 212 Å². The molecule has 0 amide bonds. The summed E-state index contributed by atoms with van der Waals surface area (Å²) >= 11 is 0. The molecule has 0 fully saturated rings. The maximum absolute atomic E-state index is 2.40. The fourth-order valence-corrected chi connectivity index (χ4v) is 7.46. The summed E-state index contributed by atoms with van der Waals surface area (Å²) in [6, 6.07) is 76.5. The SMILES string of the molecule is c1ccc(-c2ccc(N(c3ccccc3)c3cccc(-c4ccc5c(c4)c(-c4ccccc4)c(-c4ccccc4)c4ccccc45)c3)cc2)cc1. The highest BCUT2D eigenvalue weighted by molar-refractivity contribution is 6.22. The van der Waals surface area contributed by atoms with Gasteiger partial charge in [0.25, 0.3) is 0 Å². The summed E-state index contributed by atoms with van der Waals surface area (Å²) < 4.78 is 0. The zero-order chi connectivity index (χ0) is 34.0. The van der Waals surface area contributed by atoms with Gasteiger partial charge in [0.1, 0.15) is 0 Å². The van der Waals surface area contributed by atoms with Crippen LogP contribution in [-0.2, 0) is 0 Å². The van der Waals surface area contributed by atoms with Gasteiger partial charge in [0.05, 0.1) is 0 Å². The van der Waals surface area contributed by atoms with E-state index in [2.05, 4.69) is 217 Å². The standard InChI is InChI=1S/C50H35N/c1-5-16-36(17-6-1)37-28-31-43(32-29-37)51(42-23-11-4-12-24-42)44-25-15-22-40(34-44)41-30-33-46-45-26-13-14-27-47(45)49(38-18-7-2-8-19-38)50(48(46)35-41)39-20-9-3-10-21-39/h1-35H. The van der Waals surface area contributed by atoms with Crippen LogP contribution in [0.1, 0.15) is 0 Å². The van der Waals surface area contributed by atoms with Gasteiger partial charge in [0.15, 0.2) is 0 Å². The molecule has 0 saturated heterocycles. The molecule has 0 aliphatic heterocycles. The molecule has 9 rings (SSSR count). The van der Waals surface area contributed by atoms with Gasteiger partial charge in [-0.25, -0.2) is 0 Å². The highest BCUT2D eigenvalue weighted by Crippen LogP contribution is 2.46. The lowest BCUT2D eigenvalue weighted by molar-refractivity contribution is 1.28. The van der Waals surface area contributed by atoms with Crippen molar-refractivity contribution in [3.8, 4) is 44.5 Å². The summed E-state index contributed by atoms with van der Waals surface area (Å²) in [5.74, 6) is 0. The minimum absolute atomic E-state index is 1.11. The van der Waals surface area contributed by atoms with Crippen molar-refractivity contribution in [1.82, 2.24) is 0 Å². The summed E-state index contributed by atoms with van der Waals surface area (Å²) in [4.78, 5) is 2.34. The highest BCUT2D eigenvalue weighted by Gasteiger charge is 2.19. The van der Waals surface area contributed by atoms with Gasteiger partial charge in [-0.15, -0.1) is 0 Å². The largest absolute Gasteiger partial charge is 0.310 e. The van der Waals surface area contributed by atoms with Gasteiger partial charge in [-0.05, 0) is 109 Å². The first-order valence-electron chi connectivity index (χ1n) is 17.5. The van der Waals surface area contributed by atoms with Crippen molar-refractivity contribution in [2.45, 2.75) is 0 Å². The fourth-order valence-electron chi connectivity index (χ4n) is 7.46. The molecule has 0 heterocycles. The Morgan fingerprint density at radius 3 is 1.27 bits per heavy atom. The molecule has 0 N–H and O–H groups in total. The first kappa shape index (κ1) is 30.4. The van der Waals surface area contributed by atoms with Crippen LogP contribution in [0.25, 0.3) is 66.1 Å². The predicted molar refractivity (Wildman–Crippen MR) is 218 cm³/mol. The van der Waals surface area contributed by atoms with Gasteiger partial charge in [-0.1, -0.05) is 170 Å². The van der Waals surface area contributed by atoms with E-state index in [9.17, 15) is 0 Å². The lowest BCUT2D eigenvalue weighted by Crippen LogP contribution is -2.09. The van der Waals surface area contributed by atoms with Crippen LogP contribution >= 0.6 is 0 Å². The van der Waals surface area contributed by atoms with Crippen molar-refractivity contribution in [3.63, 3.8) is 0 Å². The topological polar surface area (TPSA) is 3.24 Å². The second-order valence-corrected chi connectivity index (χ2v) is 12.9. The van der Waals surface area contributed by atoms with Gasteiger partial charge in [0, 0.05) is 17.1 Å². The second-order valence-electron chi connectivity index (χ2n) is 12.9. The van der Waals surface area contributed by atoms with Crippen LogP contribution in [-0.4, -0.2) is 0 Å². The molecule has 0 unspecified atom stereocenters. The summed E-state index contributed by atoms with van der Waals surface area (Å²) in [5, 5.41) is 5.04. The first-order valence-corrected chi connectivity index (χ1v) is 17.5. The molecule has 240 valence electrons. The van der Waals surface area contributed by atoms with Crippen LogP contribution in [0.5, 0.6) is 0 Å². The number of hydrogen-bond acceptors (Lipinski definition) is 1. The van der Waals surface area contributed by atoms with Crippen LogP contribution in [0.15, 0.2) is 212 Å². The monoisotopic (exact) mass is 649 g/mol. The van der Waals surface area contributed by atoms with Crippen molar-refractivity contribution in [1.29, 1.82) is 0 Å². The van der Waals surface area contributed by atoms with Crippen LogP contribution in [0.2, 0.25) is 0 Å². The zero-order valence-corrected chi connectivity index (χ0v) is 28.2. The third-order valence-corrected chi connectivity index (χ3v) is 9.84. The molecule has 0 aliphatic carbocycles. The summed E-state index contributed by atoms with van der Waals surface area (Å²) in [5.41, 5.74) is 13.1. The van der Waals surface area contributed by atoms with E-state index in [1.54, 1.807) is 0 Å². The molecule has 51 heavy (non-hydrogen) atoms. The summed E-state index contributed by atoms with van der Waals surface area (Å²) in [7, 11) is 0. The molecular weight excluding hydrogens is 615 g/mol. The van der Waals surface area contributed by atoms with Gasteiger partial charge in [0.2, 0.25) is 0 Å². The molecule has 0 spiro atoms. The van der Waals surface area contributed by atoms with E-state index in [1.807, 2.05) is 0 Å². The lowest BCUT2D eigenvalue weighted by Gasteiger charge is -2.26. The Kier molecular flexibility index (Phi) is 7.92. The van der Waals surface area contributed by atoms with Crippen LogP contribution in [0.4, 0.5) is 17.1 Å². The number of rotatable bonds is 7. The van der Waals surface area contributed by atoms with Gasteiger partial charge in [-0.2, -0.15) is 0 Å². The van der Waals surface area contributed by atoms with Gasteiger partial charge >= 0.3 is 0 Å².